The first kappa shape index (κ1) is 15.9. The summed E-state index contributed by atoms with van der Waals surface area (Å²) in [7, 11) is 0. The summed E-state index contributed by atoms with van der Waals surface area (Å²) in [6.45, 7) is 5.70. The van der Waals surface area contributed by atoms with Gasteiger partial charge in [-0.1, -0.05) is 13.5 Å². The molecule has 0 saturated heterocycles. The Morgan fingerprint density at radius 1 is 1.41 bits per heavy atom. The van der Waals surface area contributed by atoms with E-state index in [2.05, 4.69) is 28.7 Å². The molecule has 0 heterocycles. The molecule has 0 N–H and O–H groups in total. The van der Waals surface area contributed by atoms with Crippen molar-refractivity contribution in [3.05, 3.63) is 11.5 Å². The highest BCUT2D eigenvalue weighted by Crippen LogP contribution is 2.26. The van der Waals surface area contributed by atoms with Crippen LogP contribution in [0.3, 0.4) is 0 Å². The van der Waals surface area contributed by atoms with Crippen molar-refractivity contribution in [2.75, 3.05) is 6.61 Å². The minimum atomic E-state index is -3.89. The van der Waals surface area contributed by atoms with E-state index in [1.807, 2.05) is 0 Å². The largest absolute Gasteiger partial charge is 0.461 e. The van der Waals surface area contributed by atoms with Gasteiger partial charge in [0.2, 0.25) is 0 Å². The number of carbonyl (C=O) groups excluding carboxylic acids is 2. The zero-order valence-electron chi connectivity index (χ0n) is 9.53. The van der Waals surface area contributed by atoms with Gasteiger partial charge in [-0.25, -0.2) is 9.59 Å². The molecule has 0 aromatic rings. The van der Waals surface area contributed by atoms with Crippen LogP contribution >= 0.6 is 12.6 Å². The first-order valence-corrected chi connectivity index (χ1v) is 5.35. The van der Waals surface area contributed by atoms with Crippen LogP contribution < -0.4 is 0 Å². The summed E-state index contributed by atoms with van der Waals surface area (Å²) in [5, 5.41) is 0. The van der Waals surface area contributed by atoms with E-state index in [1.165, 1.54) is 13.8 Å². The monoisotopic (exact) mass is 268 g/mol. The summed E-state index contributed by atoms with van der Waals surface area (Å²) in [4.78, 5) is 21.8. The summed E-state index contributed by atoms with van der Waals surface area (Å²) in [6.07, 6.45) is -2.13. The number of rotatable bonds is 6. The van der Waals surface area contributed by atoms with Crippen molar-refractivity contribution in [2.24, 2.45) is 0 Å². The molecule has 0 aromatic carbocycles. The van der Waals surface area contributed by atoms with Crippen LogP contribution in [0.25, 0.3) is 0 Å². The van der Waals surface area contributed by atoms with Crippen LogP contribution in [0.5, 0.6) is 0 Å². The van der Waals surface area contributed by atoms with Crippen molar-refractivity contribution in [3.8, 4) is 0 Å². The smallest absolute Gasteiger partial charge is 0.381 e. The molecule has 0 rings (SSSR count). The number of esters is 2. The maximum absolute atomic E-state index is 13.5. The van der Waals surface area contributed by atoms with Crippen molar-refractivity contribution in [1.82, 2.24) is 0 Å². The SMILES string of the molecule is C=C(S)C(=O)OC(CC)C(F)(F)C(=O)OCC. The second-order valence-electron chi connectivity index (χ2n) is 3.09. The Kier molecular flexibility index (Phi) is 6.15. The number of carbonyl (C=O) groups is 2. The quantitative estimate of drug-likeness (QED) is 0.454. The van der Waals surface area contributed by atoms with Gasteiger partial charge in [-0.3, -0.25) is 0 Å². The van der Waals surface area contributed by atoms with E-state index in [9.17, 15) is 18.4 Å². The van der Waals surface area contributed by atoms with Crippen LogP contribution in [0, 0.1) is 0 Å². The second kappa shape index (κ2) is 6.58. The molecule has 1 atom stereocenters. The summed E-state index contributed by atoms with van der Waals surface area (Å²) >= 11 is 3.57. The predicted molar refractivity (Wildman–Crippen MR) is 59.9 cm³/mol. The van der Waals surface area contributed by atoms with Crippen LogP contribution in [-0.2, 0) is 19.1 Å². The Balaban J connectivity index is 4.79. The first-order chi connectivity index (χ1) is 7.77. The molecule has 0 aliphatic carbocycles. The summed E-state index contributed by atoms with van der Waals surface area (Å²) in [6, 6.07) is 0. The third-order valence-corrected chi connectivity index (χ3v) is 1.99. The van der Waals surface area contributed by atoms with Gasteiger partial charge in [-0.2, -0.15) is 8.78 Å². The van der Waals surface area contributed by atoms with Gasteiger partial charge in [0, 0.05) is 0 Å². The number of thiol groups is 1. The molecule has 0 amide bonds. The van der Waals surface area contributed by atoms with Crippen LogP contribution in [-0.4, -0.2) is 30.6 Å². The highest BCUT2D eigenvalue weighted by molar-refractivity contribution is 7.85. The third-order valence-electron chi connectivity index (χ3n) is 1.81. The zero-order valence-corrected chi connectivity index (χ0v) is 10.4. The van der Waals surface area contributed by atoms with Crippen LogP contribution in [0.4, 0.5) is 8.78 Å². The maximum atomic E-state index is 13.5. The summed E-state index contributed by atoms with van der Waals surface area (Å²) in [5.74, 6) is -6.70. The zero-order chi connectivity index (χ0) is 13.6. The molecule has 17 heavy (non-hydrogen) atoms. The number of hydrogen-bond donors (Lipinski definition) is 1. The predicted octanol–water partition coefficient (Wildman–Crippen LogP) is 1.95. The van der Waals surface area contributed by atoms with Crippen LogP contribution in [0.2, 0.25) is 0 Å². The molecule has 7 heteroatoms. The molecule has 0 aliphatic heterocycles. The molecule has 0 fully saturated rings. The minimum Gasteiger partial charge on any atom is -0.461 e. The van der Waals surface area contributed by atoms with E-state index in [-0.39, 0.29) is 17.9 Å². The molecule has 0 spiro atoms. The Hall–Kier alpha value is -1.11. The van der Waals surface area contributed by atoms with Gasteiger partial charge in [-0.15, -0.1) is 12.6 Å². The summed E-state index contributed by atoms with van der Waals surface area (Å²) < 4.78 is 35.6. The normalized spacial score (nSPS) is 12.8. The second-order valence-corrected chi connectivity index (χ2v) is 3.63. The van der Waals surface area contributed by atoms with Crippen molar-refractivity contribution in [3.63, 3.8) is 0 Å². The Morgan fingerprint density at radius 3 is 2.29 bits per heavy atom. The Labute approximate surface area is 103 Å². The number of hydrogen-bond acceptors (Lipinski definition) is 5. The van der Waals surface area contributed by atoms with E-state index in [0.29, 0.717) is 0 Å². The van der Waals surface area contributed by atoms with Crippen LogP contribution in [0.1, 0.15) is 20.3 Å². The van der Waals surface area contributed by atoms with Gasteiger partial charge >= 0.3 is 17.9 Å². The average molecular weight is 268 g/mol. The fourth-order valence-electron chi connectivity index (χ4n) is 0.970. The highest BCUT2D eigenvalue weighted by Gasteiger charge is 2.50. The molecule has 0 radical (unpaired) electrons. The standard InChI is InChI=1S/C10H14F2O4S/c1-4-7(16-8(13)6(3)17)10(11,12)9(14)15-5-2/h7,17H,3-5H2,1-2H3. The Morgan fingerprint density at radius 2 is 1.94 bits per heavy atom. The molecule has 0 aromatic heterocycles. The van der Waals surface area contributed by atoms with E-state index in [0.717, 1.165) is 0 Å². The van der Waals surface area contributed by atoms with Gasteiger partial charge in [0.15, 0.2) is 6.10 Å². The first-order valence-electron chi connectivity index (χ1n) is 4.91. The molecule has 0 aliphatic rings. The Bertz CT molecular complexity index is 317. The third kappa shape index (κ3) is 4.33. The van der Waals surface area contributed by atoms with Gasteiger partial charge in [0.25, 0.3) is 0 Å². The van der Waals surface area contributed by atoms with Crippen molar-refractivity contribution >= 4 is 24.6 Å². The molecular formula is C10H14F2O4S. The number of halogens is 2. The summed E-state index contributed by atoms with van der Waals surface area (Å²) in [5.41, 5.74) is 0. The topological polar surface area (TPSA) is 52.6 Å². The molecule has 0 bridgehead atoms. The maximum Gasteiger partial charge on any atom is 0.381 e. The van der Waals surface area contributed by atoms with E-state index in [4.69, 9.17) is 0 Å². The molecule has 98 valence electrons. The minimum absolute atomic E-state index is 0.182. The number of alkyl halides is 2. The van der Waals surface area contributed by atoms with Crippen molar-refractivity contribution < 1.29 is 27.8 Å². The molecule has 0 saturated carbocycles. The molecular weight excluding hydrogens is 254 g/mol. The lowest BCUT2D eigenvalue weighted by Gasteiger charge is -2.23. The fourth-order valence-corrected chi connectivity index (χ4v) is 1.02. The lowest BCUT2D eigenvalue weighted by Crippen LogP contribution is -2.45. The highest BCUT2D eigenvalue weighted by atomic mass is 32.1. The van der Waals surface area contributed by atoms with Gasteiger partial charge in [0.1, 0.15) is 0 Å². The fraction of sp³-hybridized carbons (Fsp3) is 0.600. The van der Waals surface area contributed by atoms with Crippen LogP contribution in [0.15, 0.2) is 11.5 Å². The molecule has 4 nitrogen and oxygen atoms in total. The van der Waals surface area contributed by atoms with E-state index < -0.39 is 24.0 Å². The van der Waals surface area contributed by atoms with Crippen molar-refractivity contribution in [1.29, 1.82) is 0 Å². The lowest BCUT2D eigenvalue weighted by molar-refractivity contribution is -0.196. The van der Waals surface area contributed by atoms with E-state index in [1.54, 1.807) is 0 Å². The van der Waals surface area contributed by atoms with Gasteiger partial charge < -0.3 is 9.47 Å². The molecule has 1 unspecified atom stereocenters. The van der Waals surface area contributed by atoms with Gasteiger partial charge in [0.05, 0.1) is 11.5 Å². The van der Waals surface area contributed by atoms with Gasteiger partial charge in [-0.05, 0) is 13.3 Å². The van der Waals surface area contributed by atoms with E-state index >= 15 is 0 Å². The lowest BCUT2D eigenvalue weighted by atomic mass is 10.1. The number of ether oxygens (including phenoxy) is 2. The average Bonchev–Trinajstić information content (AvgIpc) is 2.25. The van der Waals surface area contributed by atoms with Crippen molar-refractivity contribution in [2.45, 2.75) is 32.3 Å².